The van der Waals surface area contributed by atoms with Crippen LogP contribution in [0.4, 0.5) is 0 Å². The Morgan fingerprint density at radius 1 is 1.05 bits per heavy atom. The van der Waals surface area contributed by atoms with E-state index in [-0.39, 0.29) is 51.8 Å². The van der Waals surface area contributed by atoms with Crippen LogP contribution in [0.25, 0.3) is 0 Å². The highest BCUT2D eigenvalue weighted by Crippen LogP contribution is 2.51. The molecule has 226 valence electrons. The van der Waals surface area contributed by atoms with Crippen LogP contribution < -0.4 is 9.57 Å². The van der Waals surface area contributed by atoms with Gasteiger partial charge in [0.15, 0.2) is 5.78 Å². The number of nitrogens with one attached hydrogen (secondary N) is 1. The number of hydrazone groups is 1. The zero-order chi connectivity index (χ0) is 31.3. The summed E-state index contributed by atoms with van der Waals surface area (Å²) >= 11 is 0. The Morgan fingerprint density at radius 2 is 1.72 bits per heavy atom. The highest BCUT2D eigenvalue weighted by atomic mass is 32.2. The number of ether oxygens (including phenoxy) is 2. The molecule has 2 aliphatic rings. The molecule has 0 saturated carbocycles. The number of hydrogen-bond acceptors (Lipinski definition) is 11. The monoisotopic (exact) mass is 610 g/mol. The van der Waals surface area contributed by atoms with Crippen LogP contribution in [0.15, 0.2) is 52.5 Å². The van der Waals surface area contributed by atoms with Crippen molar-refractivity contribution in [2.45, 2.75) is 43.3 Å². The van der Waals surface area contributed by atoms with Crippen molar-refractivity contribution in [3.05, 3.63) is 81.4 Å². The molecule has 0 amide bonds. The minimum Gasteiger partial charge on any atom is -0.507 e. The summed E-state index contributed by atoms with van der Waals surface area (Å²) in [6, 6.07) is 10.4. The fourth-order valence-corrected chi connectivity index (χ4v) is 6.35. The molecule has 43 heavy (non-hydrogen) atoms. The predicted octanol–water partition coefficient (Wildman–Crippen LogP) is 2.27. The summed E-state index contributed by atoms with van der Waals surface area (Å²) in [6.45, 7) is 3.30. The van der Waals surface area contributed by atoms with E-state index in [1.807, 2.05) is 0 Å². The van der Waals surface area contributed by atoms with Gasteiger partial charge in [0.25, 0.3) is 10.0 Å². The second kappa shape index (κ2) is 11.1. The summed E-state index contributed by atoms with van der Waals surface area (Å²) in [6.07, 6.45) is -2.67. The fourth-order valence-electron chi connectivity index (χ4n) is 5.52. The second-order valence-electron chi connectivity index (χ2n) is 10.4. The number of nitrogens with zero attached hydrogens (tertiary/aromatic N) is 1. The molecule has 0 spiro atoms. The van der Waals surface area contributed by atoms with Gasteiger partial charge in [0.05, 0.1) is 47.1 Å². The van der Waals surface area contributed by atoms with Crippen molar-refractivity contribution < 1.29 is 47.9 Å². The molecular formula is C30H30N2O10S. The predicted molar refractivity (Wildman–Crippen MR) is 153 cm³/mol. The van der Waals surface area contributed by atoms with Crippen LogP contribution in [0, 0.1) is 6.92 Å². The molecule has 0 fully saturated rings. The van der Waals surface area contributed by atoms with Crippen molar-refractivity contribution in [1.29, 1.82) is 0 Å². The van der Waals surface area contributed by atoms with E-state index in [1.165, 1.54) is 37.4 Å². The number of hydrogen-bond donors (Lipinski definition) is 5. The second-order valence-corrected chi connectivity index (χ2v) is 12.1. The van der Waals surface area contributed by atoms with Crippen LogP contribution in [0.5, 0.6) is 17.2 Å². The Kier molecular flexibility index (Phi) is 7.77. The van der Waals surface area contributed by atoms with Gasteiger partial charge in [-0.25, -0.2) is 0 Å². The minimum atomic E-state index is -4.16. The summed E-state index contributed by atoms with van der Waals surface area (Å²) in [5.74, 6) is -2.87. The first-order valence-electron chi connectivity index (χ1n) is 13.3. The van der Waals surface area contributed by atoms with Gasteiger partial charge in [-0.15, -0.1) is 0 Å². The average molecular weight is 611 g/mol. The Labute approximate surface area is 247 Å². The number of methoxy groups -OCH3 is 1. The van der Waals surface area contributed by atoms with Crippen molar-refractivity contribution in [3.63, 3.8) is 0 Å². The molecule has 5 N–H and O–H groups in total. The molecule has 0 heterocycles. The van der Waals surface area contributed by atoms with Crippen molar-refractivity contribution in [2.24, 2.45) is 5.10 Å². The maximum Gasteiger partial charge on any atom is 0.276 e. The maximum absolute atomic E-state index is 13.5. The number of aryl methyl sites for hydroxylation is 1. The molecule has 0 aromatic heterocycles. The normalized spacial score (nSPS) is 19.8. The topological polar surface area (TPSA) is 192 Å². The van der Waals surface area contributed by atoms with Crippen LogP contribution in [-0.2, 0) is 21.2 Å². The van der Waals surface area contributed by atoms with E-state index in [1.54, 1.807) is 26.0 Å². The number of aliphatic hydroxyl groups excluding tert-OH is 1. The van der Waals surface area contributed by atoms with E-state index in [2.05, 4.69) is 9.93 Å². The number of carbonyl (C=O) groups is 2. The van der Waals surface area contributed by atoms with Gasteiger partial charge in [0.2, 0.25) is 5.78 Å². The van der Waals surface area contributed by atoms with E-state index >= 15 is 0 Å². The number of benzene rings is 3. The molecule has 0 bridgehead atoms. The lowest BCUT2D eigenvalue weighted by Gasteiger charge is -2.38. The zero-order valence-electron chi connectivity index (χ0n) is 23.5. The lowest BCUT2D eigenvalue weighted by Crippen LogP contribution is -2.48. The first kappa shape index (κ1) is 30.2. The number of rotatable bonds is 8. The Balaban J connectivity index is 1.60. The Bertz CT molecular complexity index is 1780. The lowest BCUT2D eigenvalue weighted by molar-refractivity contribution is 0.0209. The molecule has 2 atom stereocenters. The van der Waals surface area contributed by atoms with E-state index in [9.17, 15) is 38.4 Å². The fraction of sp³-hybridized carbons (Fsp3) is 0.300. The smallest absolute Gasteiger partial charge is 0.276 e. The molecule has 13 heteroatoms. The van der Waals surface area contributed by atoms with Crippen LogP contribution >= 0.6 is 0 Å². The van der Waals surface area contributed by atoms with Gasteiger partial charge in [-0.2, -0.15) is 18.4 Å². The summed E-state index contributed by atoms with van der Waals surface area (Å²) in [4.78, 5) is 29.1. The number of ketones is 2. The minimum absolute atomic E-state index is 0.0535. The standard InChI is InChI=1S/C30H30N2O10S/c1-4-42-14-21(31-32-43(39,40)16-10-8-15(2)9-11-16)30(38)12-18-22(19(33)13-30)28(36)25-24(27(18)35)26(34)17-6-5-7-20(41-3)23(17)29(25)37/h5-11,19,32-33,35-36,38H,4,12-14H2,1-3H3/b31-21+. The highest BCUT2D eigenvalue weighted by molar-refractivity contribution is 7.89. The number of sulfonamides is 1. The van der Waals surface area contributed by atoms with E-state index in [0.29, 0.717) is 0 Å². The quantitative estimate of drug-likeness (QED) is 0.112. The number of aliphatic hydroxyl groups is 2. The van der Waals surface area contributed by atoms with Gasteiger partial charge in [-0.05, 0) is 32.0 Å². The molecule has 3 aromatic carbocycles. The summed E-state index contributed by atoms with van der Waals surface area (Å²) in [5.41, 5.74) is -3.03. The van der Waals surface area contributed by atoms with E-state index in [0.717, 1.165) is 5.56 Å². The third-order valence-electron chi connectivity index (χ3n) is 7.71. The molecule has 0 radical (unpaired) electrons. The van der Waals surface area contributed by atoms with Gasteiger partial charge in [0, 0.05) is 36.1 Å². The van der Waals surface area contributed by atoms with Gasteiger partial charge >= 0.3 is 0 Å². The van der Waals surface area contributed by atoms with Crippen molar-refractivity contribution in [1.82, 2.24) is 4.83 Å². The van der Waals surface area contributed by atoms with E-state index in [4.69, 9.17) is 9.47 Å². The average Bonchev–Trinajstić information content (AvgIpc) is 2.97. The van der Waals surface area contributed by atoms with Gasteiger partial charge in [-0.3, -0.25) is 9.59 Å². The number of aromatic hydroxyl groups is 2. The van der Waals surface area contributed by atoms with Crippen LogP contribution in [0.3, 0.4) is 0 Å². The first-order chi connectivity index (χ1) is 20.3. The molecular weight excluding hydrogens is 580 g/mol. The van der Waals surface area contributed by atoms with E-state index < -0.39 is 68.8 Å². The molecule has 0 aliphatic heterocycles. The molecule has 0 saturated heterocycles. The highest BCUT2D eigenvalue weighted by Gasteiger charge is 2.47. The van der Waals surface area contributed by atoms with Crippen molar-refractivity contribution in [3.8, 4) is 17.2 Å². The molecule has 5 rings (SSSR count). The van der Waals surface area contributed by atoms with Crippen LogP contribution in [-0.4, -0.2) is 72.0 Å². The molecule has 12 nitrogen and oxygen atoms in total. The van der Waals surface area contributed by atoms with Crippen molar-refractivity contribution in [2.75, 3.05) is 20.3 Å². The van der Waals surface area contributed by atoms with Gasteiger partial charge in [-0.1, -0.05) is 29.8 Å². The Hall–Kier alpha value is -4.30. The third-order valence-corrected chi connectivity index (χ3v) is 8.93. The van der Waals surface area contributed by atoms with Crippen LogP contribution in [0.1, 0.15) is 68.0 Å². The summed E-state index contributed by atoms with van der Waals surface area (Å²) < 4.78 is 36.5. The van der Waals surface area contributed by atoms with Crippen LogP contribution in [0.2, 0.25) is 0 Å². The number of carbonyl (C=O) groups excluding carboxylic acids is 2. The van der Waals surface area contributed by atoms with Gasteiger partial charge < -0.3 is 29.9 Å². The zero-order valence-corrected chi connectivity index (χ0v) is 24.4. The molecule has 2 unspecified atom stereocenters. The first-order valence-corrected chi connectivity index (χ1v) is 14.8. The molecule has 3 aromatic rings. The number of fused-ring (bicyclic) bond motifs is 3. The molecule has 2 aliphatic carbocycles. The summed E-state index contributed by atoms with van der Waals surface area (Å²) in [7, 11) is -2.84. The maximum atomic E-state index is 13.5. The largest absolute Gasteiger partial charge is 0.507 e. The number of phenols is 2. The number of phenolic OH excluding ortho intramolecular Hbond substituents is 2. The SMILES string of the molecule is CCOC/C(=N\NS(=O)(=O)c1ccc(C)cc1)C1(O)Cc2c(O)c3c(c(O)c2C(O)C1)C(=O)c1c(OC)cccc1C3=O. The third kappa shape index (κ3) is 5.03. The van der Waals surface area contributed by atoms with Crippen molar-refractivity contribution >= 4 is 27.3 Å². The lowest BCUT2D eigenvalue weighted by atomic mass is 9.71. The Morgan fingerprint density at radius 3 is 2.37 bits per heavy atom. The van der Waals surface area contributed by atoms with Gasteiger partial charge in [0.1, 0.15) is 22.8 Å². The summed E-state index contributed by atoms with van der Waals surface area (Å²) in [5, 5.41) is 49.5.